The fourth-order valence-corrected chi connectivity index (χ4v) is 3.87. The van der Waals surface area contributed by atoms with Gasteiger partial charge in [-0.3, -0.25) is 4.79 Å². The lowest BCUT2D eigenvalue weighted by Crippen LogP contribution is -2.43. The van der Waals surface area contributed by atoms with Crippen molar-refractivity contribution in [2.45, 2.75) is 51.5 Å². The quantitative estimate of drug-likeness (QED) is 0.832. The predicted octanol–water partition coefficient (Wildman–Crippen LogP) is 3.17. The number of carbonyl (C=O) groups excluding carboxylic acids is 2. The van der Waals surface area contributed by atoms with Gasteiger partial charge in [0.15, 0.2) is 0 Å². The molecule has 0 unspecified atom stereocenters. The van der Waals surface area contributed by atoms with Gasteiger partial charge in [-0.05, 0) is 50.3 Å². The molecule has 0 saturated carbocycles. The van der Waals surface area contributed by atoms with Crippen LogP contribution in [-0.2, 0) is 9.59 Å². The number of nitrogens with zero attached hydrogens (tertiary/aromatic N) is 1. The lowest BCUT2D eigenvalue weighted by atomic mass is 9.80. The predicted molar refractivity (Wildman–Crippen MR) is 99.9 cm³/mol. The number of carbonyl (C=O) groups is 2. The highest BCUT2D eigenvalue weighted by atomic mass is 16.4. The molecule has 0 spiro atoms. The lowest BCUT2D eigenvalue weighted by Gasteiger charge is -2.40. The molecule has 4 nitrogen and oxygen atoms in total. The number of amides is 1. The van der Waals surface area contributed by atoms with Crippen LogP contribution in [0.2, 0.25) is 0 Å². The van der Waals surface area contributed by atoms with Gasteiger partial charge in [0, 0.05) is 30.0 Å². The largest absolute Gasteiger partial charge is 0.550 e. The van der Waals surface area contributed by atoms with E-state index >= 15 is 0 Å². The van der Waals surface area contributed by atoms with Crippen molar-refractivity contribution < 1.29 is 14.7 Å². The number of carboxylic acids is 1. The van der Waals surface area contributed by atoms with Gasteiger partial charge in [-0.1, -0.05) is 48.0 Å². The summed E-state index contributed by atoms with van der Waals surface area (Å²) in [5, 5.41) is 10.6. The van der Waals surface area contributed by atoms with E-state index in [1.165, 1.54) is 16.7 Å². The van der Waals surface area contributed by atoms with Gasteiger partial charge in [0.05, 0.1) is 0 Å². The minimum Gasteiger partial charge on any atom is -0.550 e. The first-order valence-corrected chi connectivity index (χ1v) is 9.14. The number of aryl methyl sites for hydroxylation is 1. The fraction of sp³-hybridized carbons (Fsp3) is 0.364. The second-order valence-corrected chi connectivity index (χ2v) is 7.10. The third kappa shape index (κ3) is 3.79. The summed E-state index contributed by atoms with van der Waals surface area (Å²) in [6.07, 6.45) is 1.31. The number of anilines is 1. The first-order valence-electron chi connectivity index (χ1n) is 9.14. The molecule has 1 aliphatic rings. The topological polar surface area (TPSA) is 60.4 Å². The van der Waals surface area contributed by atoms with Crippen molar-refractivity contribution in [3.8, 4) is 0 Å². The Morgan fingerprint density at radius 1 is 1.12 bits per heavy atom. The maximum Gasteiger partial charge on any atom is 0.227 e. The Bertz CT molecular complexity index is 800. The summed E-state index contributed by atoms with van der Waals surface area (Å²) in [5.74, 6) is -0.867. The summed E-state index contributed by atoms with van der Waals surface area (Å²) in [6, 6.07) is 16.7. The summed E-state index contributed by atoms with van der Waals surface area (Å²) in [4.78, 5) is 25.3. The molecule has 1 heterocycles. The van der Waals surface area contributed by atoms with Gasteiger partial charge in [0.25, 0.3) is 0 Å². The van der Waals surface area contributed by atoms with Crippen LogP contribution >= 0.6 is 0 Å². The van der Waals surface area contributed by atoms with E-state index in [-0.39, 0.29) is 30.7 Å². The normalized spacial score (nSPS) is 19.1. The standard InChI is InChI=1S/C22H25NO3/c1-15-11-12-20-19(13-15)18(17-7-4-3-5-8-17)14-16(2)23(20)21(24)9-6-10-22(25)26/h3-5,7-8,11-13,16,18H,6,9-10,14H2,1-2H3,(H,25,26)/p-1/t16-,18+/m0/s1. The Morgan fingerprint density at radius 3 is 2.54 bits per heavy atom. The minimum absolute atomic E-state index is 0.0182. The van der Waals surface area contributed by atoms with Crippen LogP contribution in [0, 0.1) is 6.92 Å². The highest BCUT2D eigenvalue weighted by Gasteiger charge is 2.34. The van der Waals surface area contributed by atoms with Crippen molar-refractivity contribution >= 4 is 17.6 Å². The van der Waals surface area contributed by atoms with Gasteiger partial charge in [-0.25, -0.2) is 0 Å². The molecule has 2 atom stereocenters. The van der Waals surface area contributed by atoms with E-state index in [9.17, 15) is 14.7 Å². The summed E-state index contributed by atoms with van der Waals surface area (Å²) in [6.45, 7) is 4.13. The average Bonchev–Trinajstić information content (AvgIpc) is 2.61. The summed E-state index contributed by atoms with van der Waals surface area (Å²) >= 11 is 0. The molecular formula is C22H24NO3-. The molecule has 1 amide bonds. The zero-order chi connectivity index (χ0) is 18.7. The van der Waals surface area contributed by atoms with E-state index < -0.39 is 5.97 Å². The number of rotatable bonds is 5. The molecule has 0 radical (unpaired) electrons. The van der Waals surface area contributed by atoms with Crippen molar-refractivity contribution in [3.05, 3.63) is 65.2 Å². The first-order chi connectivity index (χ1) is 12.5. The second kappa shape index (κ2) is 7.73. The van der Waals surface area contributed by atoms with Gasteiger partial charge in [0.1, 0.15) is 0 Å². The average molecular weight is 350 g/mol. The van der Waals surface area contributed by atoms with E-state index in [1.54, 1.807) is 0 Å². The Balaban J connectivity index is 1.93. The summed E-state index contributed by atoms with van der Waals surface area (Å²) < 4.78 is 0. The number of carboxylic acid groups (broad SMARTS) is 1. The van der Waals surface area contributed by atoms with E-state index in [4.69, 9.17) is 0 Å². The molecule has 3 rings (SSSR count). The Morgan fingerprint density at radius 2 is 1.85 bits per heavy atom. The third-order valence-electron chi connectivity index (χ3n) is 5.08. The van der Waals surface area contributed by atoms with Crippen molar-refractivity contribution in [1.29, 1.82) is 0 Å². The van der Waals surface area contributed by atoms with Crippen LogP contribution in [0.1, 0.15) is 55.2 Å². The minimum atomic E-state index is -1.11. The Labute approximate surface area is 154 Å². The molecule has 136 valence electrons. The Hall–Kier alpha value is -2.62. The number of benzene rings is 2. The van der Waals surface area contributed by atoms with Crippen LogP contribution < -0.4 is 10.0 Å². The van der Waals surface area contributed by atoms with E-state index in [2.05, 4.69) is 32.0 Å². The van der Waals surface area contributed by atoms with Crippen LogP contribution in [0.5, 0.6) is 0 Å². The van der Waals surface area contributed by atoms with Gasteiger partial charge in [0.2, 0.25) is 5.91 Å². The molecule has 2 aromatic carbocycles. The SMILES string of the molecule is Cc1ccc2c(c1)[C@@H](c1ccccc1)C[C@H](C)N2C(=O)CCCC(=O)[O-]. The van der Waals surface area contributed by atoms with Crippen molar-refractivity contribution in [1.82, 2.24) is 0 Å². The summed E-state index contributed by atoms with van der Waals surface area (Å²) in [5.41, 5.74) is 4.54. The first kappa shape index (κ1) is 18.2. The number of aliphatic carboxylic acids is 1. The monoisotopic (exact) mass is 350 g/mol. The van der Waals surface area contributed by atoms with Crippen molar-refractivity contribution in [3.63, 3.8) is 0 Å². The maximum atomic E-state index is 12.8. The molecule has 0 saturated heterocycles. The molecule has 1 aliphatic heterocycles. The Kier molecular flexibility index (Phi) is 5.40. The molecule has 26 heavy (non-hydrogen) atoms. The van der Waals surface area contributed by atoms with Crippen LogP contribution in [0.25, 0.3) is 0 Å². The van der Waals surface area contributed by atoms with Crippen LogP contribution in [0.15, 0.2) is 48.5 Å². The molecule has 0 aromatic heterocycles. The lowest BCUT2D eigenvalue weighted by molar-refractivity contribution is -0.305. The third-order valence-corrected chi connectivity index (χ3v) is 5.08. The number of hydrogen-bond donors (Lipinski definition) is 0. The molecule has 0 bridgehead atoms. The maximum absolute atomic E-state index is 12.8. The van der Waals surface area contributed by atoms with E-state index in [0.717, 1.165) is 12.1 Å². The van der Waals surface area contributed by atoms with E-state index in [0.29, 0.717) is 6.42 Å². The van der Waals surface area contributed by atoms with Crippen LogP contribution in [-0.4, -0.2) is 17.9 Å². The molecule has 4 heteroatoms. The molecule has 0 N–H and O–H groups in total. The van der Waals surface area contributed by atoms with Crippen LogP contribution in [0.3, 0.4) is 0 Å². The summed E-state index contributed by atoms with van der Waals surface area (Å²) in [7, 11) is 0. The van der Waals surface area contributed by atoms with Crippen LogP contribution in [0.4, 0.5) is 5.69 Å². The van der Waals surface area contributed by atoms with E-state index in [1.807, 2.05) is 35.2 Å². The fourth-order valence-electron chi connectivity index (χ4n) is 3.87. The second-order valence-electron chi connectivity index (χ2n) is 7.10. The number of hydrogen-bond acceptors (Lipinski definition) is 3. The number of fused-ring (bicyclic) bond motifs is 1. The smallest absolute Gasteiger partial charge is 0.227 e. The highest BCUT2D eigenvalue weighted by Crippen LogP contribution is 2.42. The molecular weight excluding hydrogens is 326 g/mol. The molecule has 0 fully saturated rings. The molecule has 0 aliphatic carbocycles. The zero-order valence-corrected chi connectivity index (χ0v) is 15.3. The van der Waals surface area contributed by atoms with Crippen molar-refractivity contribution in [2.75, 3.05) is 4.90 Å². The van der Waals surface area contributed by atoms with Gasteiger partial charge in [-0.2, -0.15) is 0 Å². The molecule has 2 aromatic rings. The highest BCUT2D eigenvalue weighted by molar-refractivity contribution is 5.95. The van der Waals surface area contributed by atoms with Gasteiger partial charge >= 0.3 is 0 Å². The zero-order valence-electron chi connectivity index (χ0n) is 15.3. The van der Waals surface area contributed by atoms with Gasteiger partial charge in [-0.15, -0.1) is 0 Å². The van der Waals surface area contributed by atoms with Gasteiger partial charge < -0.3 is 14.8 Å². The van der Waals surface area contributed by atoms with Crippen molar-refractivity contribution in [2.24, 2.45) is 0 Å².